The largest absolute Gasteiger partial charge is 1.00 e. The molecule has 0 unspecified atom stereocenters. The van der Waals surface area contributed by atoms with Gasteiger partial charge in [-0.3, -0.25) is 4.79 Å². The van der Waals surface area contributed by atoms with Crippen LogP contribution in [0.25, 0.3) is 21.9 Å². The number of aliphatic carboxylic acids is 1. The summed E-state index contributed by atoms with van der Waals surface area (Å²) in [6.07, 6.45) is 3.95. The molecule has 1 saturated carbocycles. The van der Waals surface area contributed by atoms with E-state index in [1.165, 1.54) is 11.8 Å². The quantitative estimate of drug-likeness (QED) is 0.305. The predicted molar refractivity (Wildman–Crippen MR) is 121 cm³/mol. The van der Waals surface area contributed by atoms with Crippen molar-refractivity contribution >= 4 is 57.1 Å². The molecule has 31 heavy (non-hydrogen) atoms. The summed E-state index contributed by atoms with van der Waals surface area (Å²) in [6, 6.07) is 7.24. The van der Waals surface area contributed by atoms with Gasteiger partial charge in [0.25, 0.3) is 0 Å². The first-order valence-corrected chi connectivity index (χ1v) is 11.4. The number of rotatable bonds is 5. The Morgan fingerprint density at radius 1 is 1.29 bits per heavy atom. The number of aromatic nitrogens is 2. The van der Waals surface area contributed by atoms with Crippen molar-refractivity contribution in [1.29, 1.82) is 0 Å². The molecule has 0 radical (unpaired) electrons. The second-order valence-corrected chi connectivity index (χ2v) is 9.87. The first kappa shape index (κ1) is 24.4. The summed E-state index contributed by atoms with van der Waals surface area (Å²) >= 11 is 7.73. The predicted octanol–water partition coefficient (Wildman–Crippen LogP) is 0.304. The second kappa shape index (κ2) is 8.94. The van der Waals surface area contributed by atoms with Crippen molar-refractivity contribution in [2.75, 3.05) is 18.2 Å². The van der Waals surface area contributed by atoms with Gasteiger partial charge in [0, 0.05) is 18.5 Å². The molecule has 2 aromatic heterocycles. The zero-order valence-electron chi connectivity index (χ0n) is 18.4. The van der Waals surface area contributed by atoms with Crippen LogP contribution in [-0.4, -0.2) is 34.9 Å². The molecule has 0 aliphatic heterocycles. The molecular weight excluding hydrogens is 445 g/mol. The van der Waals surface area contributed by atoms with Crippen molar-refractivity contribution in [3.8, 4) is 0 Å². The summed E-state index contributed by atoms with van der Waals surface area (Å²) in [5.74, 6) is -0.545. The molecule has 0 bridgehead atoms. The third kappa shape index (κ3) is 4.35. The fourth-order valence-corrected chi connectivity index (χ4v) is 5.48. The Kier molecular flexibility index (Phi) is 7.04. The molecule has 0 amide bonds. The van der Waals surface area contributed by atoms with E-state index in [0.29, 0.717) is 49.1 Å². The van der Waals surface area contributed by atoms with Crippen LogP contribution in [0.1, 0.15) is 26.7 Å². The Labute approximate surface area is 212 Å². The minimum atomic E-state index is -1.26. The Hall–Kier alpha value is -1.25. The molecule has 1 aliphatic carbocycles. The number of fused-ring (bicyclic) bond motifs is 2. The summed E-state index contributed by atoms with van der Waals surface area (Å²) < 4.78 is 1.54. The number of carboxylic acid groups (broad SMARTS) is 1. The van der Waals surface area contributed by atoms with Gasteiger partial charge in [-0.15, -0.1) is 11.8 Å². The molecule has 4 rings (SSSR count). The van der Waals surface area contributed by atoms with Crippen molar-refractivity contribution in [2.24, 2.45) is 5.41 Å². The fraction of sp³-hybridized carbons (Fsp3) is 0.409. The van der Waals surface area contributed by atoms with Gasteiger partial charge in [0.15, 0.2) is 5.43 Å². The van der Waals surface area contributed by atoms with Crippen LogP contribution >= 0.6 is 23.4 Å². The molecule has 9 heteroatoms. The number of carbonyl (C=O) groups excluding carboxylic acids is 1. The van der Waals surface area contributed by atoms with E-state index < -0.39 is 12.5 Å². The van der Waals surface area contributed by atoms with Crippen LogP contribution in [0.5, 0.6) is 0 Å². The van der Waals surface area contributed by atoms with Gasteiger partial charge in [-0.2, -0.15) is 0 Å². The minimum absolute atomic E-state index is 0. The maximum atomic E-state index is 13.2. The summed E-state index contributed by atoms with van der Waals surface area (Å²) in [7, 11) is 1.99. The van der Waals surface area contributed by atoms with Crippen LogP contribution in [0.3, 0.4) is 0 Å². The van der Waals surface area contributed by atoms with E-state index in [1.807, 2.05) is 19.4 Å². The molecule has 1 aromatic carbocycles. The molecule has 0 spiro atoms. The van der Waals surface area contributed by atoms with Gasteiger partial charge in [0.1, 0.15) is 11.5 Å². The average molecular weight is 468 g/mol. The van der Waals surface area contributed by atoms with Crippen LogP contribution in [0.15, 0.2) is 34.0 Å². The van der Waals surface area contributed by atoms with Gasteiger partial charge in [-0.05, 0) is 48.8 Å². The molecule has 0 saturated heterocycles. The number of carboxylic acids is 1. The minimum Gasteiger partial charge on any atom is -0.548 e. The summed E-state index contributed by atoms with van der Waals surface area (Å²) in [5.41, 5.74) is 0.937. The Morgan fingerprint density at radius 3 is 2.52 bits per heavy atom. The summed E-state index contributed by atoms with van der Waals surface area (Å²) in [5, 5.41) is 12.9. The molecule has 0 N–H and O–H groups in total. The summed E-state index contributed by atoms with van der Waals surface area (Å²) in [4.78, 5) is 32.3. The van der Waals surface area contributed by atoms with Gasteiger partial charge < -0.3 is 19.4 Å². The molecule has 0 atom stereocenters. The fourth-order valence-electron chi connectivity index (χ4n) is 4.42. The van der Waals surface area contributed by atoms with E-state index in [2.05, 4.69) is 18.7 Å². The number of thioether (sulfide) groups is 1. The molecule has 1 fully saturated rings. The number of hydrogen-bond acceptors (Lipinski definition) is 6. The topological polar surface area (TPSA) is 78.3 Å². The molecule has 1 aliphatic rings. The van der Waals surface area contributed by atoms with Gasteiger partial charge in [-0.25, -0.2) is 4.98 Å². The third-order valence-corrected chi connectivity index (χ3v) is 7.18. The van der Waals surface area contributed by atoms with E-state index in [9.17, 15) is 14.7 Å². The normalized spacial score (nSPS) is 15.5. The van der Waals surface area contributed by atoms with Gasteiger partial charge >= 0.3 is 29.6 Å². The zero-order valence-corrected chi connectivity index (χ0v) is 21.9. The Balaban J connectivity index is 0.00000272. The monoisotopic (exact) mass is 467 g/mol. The van der Waals surface area contributed by atoms with Crippen molar-refractivity contribution in [1.82, 2.24) is 9.55 Å². The van der Waals surface area contributed by atoms with E-state index in [1.54, 1.807) is 22.8 Å². The zero-order chi connectivity index (χ0) is 21.8. The SMILES string of the molecule is CSc1c(Cl)ccc2c(=O)c3ccc(N(C)C4CC(C)(C)C4)nc3n(CC(=O)[O-])c12.[Na+]. The van der Waals surface area contributed by atoms with Crippen molar-refractivity contribution in [3.05, 3.63) is 39.5 Å². The molecule has 158 valence electrons. The van der Waals surface area contributed by atoms with Crippen molar-refractivity contribution in [2.45, 2.75) is 44.2 Å². The number of halogens is 1. The van der Waals surface area contributed by atoms with Gasteiger partial charge in [0.2, 0.25) is 0 Å². The van der Waals surface area contributed by atoms with Crippen molar-refractivity contribution in [3.63, 3.8) is 0 Å². The van der Waals surface area contributed by atoms with Gasteiger partial charge in [-0.1, -0.05) is 25.4 Å². The number of anilines is 1. The van der Waals surface area contributed by atoms with Crippen molar-refractivity contribution < 1.29 is 39.5 Å². The number of benzene rings is 1. The van der Waals surface area contributed by atoms with E-state index in [0.717, 1.165) is 12.8 Å². The smallest absolute Gasteiger partial charge is 0.548 e. The first-order chi connectivity index (χ1) is 14.1. The maximum absolute atomic E-state index is 13.2. The number of hydrogen-bond donors (Lipinski definition) is 0. The molecule has 6 nitrogen and oxygen atoms in total. The van der Waals surface area contributed by atoms with Crippen LogP contribution in [0.2, 0.25) is 5.02 Å². The third-order valence-electron chi connectivity index (χ3n) is 5.94. The van der Waals surface area contributed by atoms with Crippen LogP contribution in [-0.2, 0) is 11.3 Å². The maximum Gasteiger partial charge on any atom is 1.00 e. The Morgan fingerprint density at radius 2 is 1.94 bits per heavy atom. The number of nitrogens with zero attached hydrogens (tertiary/aromatic N) is 3. The number of pyridine rings is 2. The van der Waals surface area contributed by atoms with E-state index in [4.69, 9.17) is 16.6 Å². The first-order valence-electron chi connectivity index (χ1n) is 9.75. The van der Waals surface area contributed by atoms with Crippen LogP contribution < -0.4 is 45.0 Å². The average Bonchev–Trinajstić information content (AvgIpc) is 2.67. The molecule has 3 aromatic rings. The van der Waals surface area contributed by atoms with Crippen LogP contribution in [0.4, 0.5) is 5.82 Å². The van der Waals surface area contributed by atoms with E-state index in [-0.39, 0.29) is 35.0 Å². The number of carbonyl (C=O) groups is 1. The van der Waals surface area contributed by atoms with Gasteiger partial charge in [0.05, 0.1) is 33.3 Å². The second-order valence-electron chi connectivity index (χ2n) is 8.64. The van der Waals surface area contributed by atoms with Crippen LogP contribution in [0, 0.1) is 5.41 Å². The van der Waals surface area contributed by atoms with E-state index >= 15 is 0 Å². The Bertz CT molecular complexity index is 1240. The molecular formula is C22H23ClN3NaO3S. The standard InChI is InChI=1S/C22H24ClN3O3S.Na/c1-22(2)9-12(10-22)25(3)16-8-6-14-19(29)13-5-7-15(23)20(30-4)18(13)26(11-17(27)28)21(14)24-16;/h5-8,12H,9-11H2,1-4H3,(H,27,28);/q;+1/p-1. The summed E-state index contributed by atoms with van der Waals surface area (Å²) in [6.45, 7) is 4.06. The molecule has 2 heterocycles.